The minimum absolute atomic E-state index is 0.0775. The summed E-state index contributed by atoms with van der Waals surface area (Å²) in [4.78, 5) is 14.2. The average Bonchev–Trinajstić information content (AvgIpc) is 2.41. The summed E-state index contributed by atoms with van der Waals surface area (Å²) in [6.07, 6.45) is 1.57. The van der Waals surface area contributed by atoms with Crippen molar-refractivity contribution in [3.63, 3.8) is 0 Å². The van der Waals surface area contributed by atoms with Crippen molar-refractivity contribution in [3.8, 4) is 0 Å². The molecular weight excluding hydrogens is 238 g/mol. The van der Waals surface area contributed by atoms with Crippen LogP contribution in [-0.2, 0) is 4.79 Å². The van der Waals surface area contributed by atoms with E-state index in [0.29, 0.717) is 18.4 Å². The monoisotopic (exact) mass is 261 g/mol. The Balaban J connectivity index is 1.72. The maximum Gasteiger partial charge on any atom is 0.225 e. The number of hydrogen-bond donors (Lipinski definition) is 2. The van der Waals surface area contributed by atoms with Crippen LogP contribution in [0.5, 0.6) is 0 Å². The highest BCUT2D eigenvalue weighted by atomic mass is 16.1. The summed E-state index contributed by atoms with van der Waals surface area (Å²) < 4.78 is 0. The summed E-state index contributed by atoms with van der Waals surface area (Å²) in [5.74, 6) is 0.597. The molecule has 1 heterocycles. The fourth-order valence-electron chi connectivity index (χ4n) is 2.46. The lowest BCUT2D eigenvalue weighted by molar-refractivity contribution is -0.116. The largest absolute Gasteiger partial charge is 0.327 e. The van der Waals surface area contributed by atoms with Gasteiger partial charge in [-0.2, -0.15) is 0 Å². The lowest BCUT2D eigenvalue weighted by atomic mass is 9.95. The van der Waals surface area contributed by atoms with Crippen molar-refractivity contribution >= 4 is 11.6 Å². The molecule has 4 nitrogen and oxygen atoms in total. The summed E-state index contributed by atoms with van der Waals surface area (Å²) in [5.41, 5.74) is 6.86. The van der Waals surface area contributed by atoms with Gasteiger partial charge in [0.25, 0.3) is 0 Å². The highest BCUT2D eigenvalue weighted by Gasteiger charge is 2.22. The van der Waals surface area contributed by atoms with E-state index in [1.807, 2.05) is 30.3 Å². The molecule has 19 heavy (non-hydrogen) atoms. The van der Waals surface area contributed by atoms with Crippen LogP contribution in [0.15, 0.2) is 30.3 Å². The van der Waals surface area contributed by atoms with Gasteiger partial charge in [-0.05, 0) is 31.0 Å². The second kappa shape index (κ2) is 6.68. The Labute approximate surface area is 115 Å². The number of likely N-dealkylation sites (tertiary alicyclic amines) is 1. The minimum Gasteiger partial charge on any atom is -0.327 e. The molecule has 104 valence electrons. The van der Waals surface area contributed by atoms with E-state index in [4.69, 9.17) is 5.73 Å². The van der Waals surface area contributed by atoms with Gasteiger partial charge in [-0.25, -0.2) is 0 Å². The zero-order chi connectivity index (χ0) is 13.7. The van der Waals surface area contributed by atoms with E-state index in [1.165, 1.54) is 0 Å². The first-order valence-corrected chi connectivity index (χ1v) is 6.98. The lowest BCUT2D eigenvalue weighted by Crippen LogP contribution is -2.46. The van der Waals surface area contributed by atoms with E-state index in [-0.39, 0.29) is 5.91 Å². The summed E-state index contributed by atoms with van der Waals surface area (Å²) in [6, 6.07) is 9.90. The second-order valence-corrected chi connectivity index (χ2v) is 5.39. The van der Waals surface area contributed by atoms with Crippen LogP contribution in [0.25, 0.3) is 0 Å². The Kier molecular flexibility index (Phi) is 4.93. The molecule has 0 saturated carbocycles. The molecule has 1 aliphatic heterocycles. The number of benzene rings is 1. The number of nitrogens with zero attached hydrogens (tertiary/aromatic N) is 1. The van der Waals surface area contributed by atoms with Crippen LogP contribution >= 0.6 is 0 Å². The van der Waals surface area contributed by atoms with Gasteiger partial charge in [0.1, 0.15) is 0 Å². The molecule has 1 aromatic rings. The molecule has 0 spiro atoms. The third-order valence-corrected chi connectivity index (χ3v) is 3.77. The van der Waals surface area contributed by atoms with Crippen LogP contribution in [0.3, 0.4) is 0 Å². The fourth-order valence-corrected chi connectivity index (χ4v) is 2.46. The number of piperidine rings is 1. The first kappa shape index (κ1) is 14.0. The first-order chi connectivity index (χ1) is 9.15. The topological polar surface area (TPSA) is 58.4 Å². The fraction of sp³-hybridized carbons (Fsp3) is 0.533. The number of nitrogens with one attached hydrogen (secondary N) is 1. The molecule has 0 radical (unpaired) electrons. The van der Waals surface area contributed by atoms with Crippen molar-refractivity contribution < 1.29 is 4.79 Å². The highest BCUT2D eigenvalue weighted by Crippen LogP contribution is 2.15. The number of amides is 1. The molecule has 4 heteroatoms. The van der Waals surface area contributed by atoms with Crippen molar-refractivity contribution in [3.05, 3.63) is 30.3 Å². The second-order valence-electron chi connectivity index (χ2n) is 5.39. The molecule has 2 rings (SSSR count). The molecule has 2 atom stereocenters. The highest BCUT2D eigenvalue weighted by molar-refractivity contribution is 5.90. The molecule has 2 unspecified atom stereocenters. The van der Waals surface area contributed by atoms with Crippen LogP contribution < -0.4 is 11.1 Å². The predicted molar refractivity (Wildman–Crippen MR) is 77.9 cm³/mol. The van der Waals surface area contributed by atoms with Crippen molar-refractivity contribution in [1.29, 1.82) is 0 Å². The number of carbonyl (C=O) groups is 1. The van der Waals surface area contributed by atoms with E-state index < -0.39 is 0 Å². The van der Waals surface area contributed by atoms with Gasteiger partial charge in [0, 0.05) is 31.2 Å². The maximum atomic E-state index is 11.8. The smallest absolute Gasteiger partial charge is 0.225 e. The Morgan fingerprint density at radius 2 is 2.16 bits per heavy atom. The molecule has 1 aliphatic rings. The number of para-hydroxylation sites is 1. The summed E-state index contributed by atoms with van der Waals surface area (Å²) >= 11 is 0. The third kappa shape index (κ3) is 4.33. The number of anilines is 1. The van der Waals surface area contributed by atoms with Gasteiger partial charge in [0.15, 0.2) is 0 Å². The number of rotatable bonds is 4. The lowest BCUT2D eigenvalue weighted by Gasteiger charge is -2.34. The Morgan fingerprint density at radius 1 is 1.42 bits per heavy atom. The number of hydrogen-bond acceptors (Lipinski definition) is 3. The van der Waals surface area contributed by atoms with Crippen molar-refractivity contribution in [1.82, 2.24) is 4.90 Å². The van der Waals surface area contributed by atoms with E-state index >= 15 is 0 Å². The first-order valence-electron chi connectivity index (χ1n) is 6.98. The van der Waals surface area contributed by atoms with E-state index in [1.54, 1.807) is 0 Å². The molecular formula is C15H23N3O. The van der Waals surface area contributed by atoms with Crippen molar-refractivity contribution in [2.45, 2.75) is 25.8 Å². The van der Waals surface area contributed by atoms with Crippen LogP contribution in [0.4, 0.5) is 5.69 Å². The molecule has 1 saturated heterocycles. The Hall–Kier alpha value is -1.39. The molecule has 0 bridgehead atoms. The van der Waals surface area contributed by atoms with E-state index in [2.05, 4.69) is 17.1 Å². The van der Waals surface area contributed by atoms with E-state index in [0.717, 1.165) is 31.7 Å². The van der Waals surface area contributed by atoms with Gasteiger partial charge >= 0.3 is 0 Å². The van der Waals surface area contributed by atoms with Gasteiger partial charge in [-0.3, -0.25) is 4.79 Å². The summed E-state index contributed by atoms with van der Waals surface area (Å²) in [5, 5.41) is 2.91. The predicted octanol–water partition coefficient (Wildman–Crippen LogP) is 1.68. The molecule has 0 aromatic heterocycles. The van der Waals surface area contributed by atoms with Crippen LogP contribution in [0, 0.1) is 5.92 Å². The standard InChI is InChI=1S/C15H23N3O/c1-12-11-18(9-7-14(12)16)10-8-15(19)17-13-5-3-2-4-6-13/h2-6,12,14H,7-11,16H2,1H3,(H,17,19). The van der Waals surface area contributed by atoms with Gasteiger partial charge in [-0.15, -0.1) is 0 Å². The molecule has 3 N–H and O–H groups in total. The summed E-state index contributed by atoms with van der Waals surface area (Å²) in [7, 11) is 0. The zero-order valence-electron chi connectivity index (χ0n) is 11.5. The van der Waals surface area contributed by atoms with E-state index in [9.17, 15) is 4.79 Å². The summed E-state index contributed by atoms with van der Waals surface area (Å²) in [6.45, 7) is 5.00. The van der Waals surface area contributed by atoms with Crippen molar-refractivity contribution in [2.75, 3.05) is 25.0 Å². The molecule has 1 fully saturated rings. The van der Waals surface area contributed by atoms with Crippen LogP contribution in [0.2, 0.25) is 0 Å². The van der Waals surface area contributed by atoms with Crippen molar-refractivity contribution in [2.24, 2.45) is 11.7 Å². The average molecular weight is 261 g/mol. The van der Waals surface area contributed by atoms with Gasteiger partial charge in [-0.1, -0.05) is 25.1 Å². The third-order valence-electron chi connectivity index (χ3n) is 3.77. The van der Waals surface area contributed by atoms with Crippen LogP contribution in [0.1, 0.15) is 19.8 Å². The quantitative estimate of drug-likeness (QED) is 0.867. The number of carbonyl (C=O) groups excluding carboxylic acids is 1. The normalized spacial score (nSPS) is 24.1. The Bertz CT molecular complexity index is 407. The Morgan fingerprint density at radius 3 is 2.84 bits per heavy atom. The molecule has 1 aromatic carbocycles. The SMILES string of the molecule is CC1CN(CCC(=O)Nc2ccccc2)CCC1N. The zero-order valence-corrected chi connectivity index (χ0v) is 11.5. The van der Waals surface area contributed by atoms with Gasteiger partial charge < -0.3 is 16.0 Å². The molecule has 1 amide bonds. The minimum atomic E-state index is 0.0775. The van der Waals surface area contributed by atoms with Gasteiger partial charge in [0.05, 0.1) is 0 Å². The van der Waals surface area contributed by atoms with Crippen LogP contribution in [-0.4, -0.2) is 36.5 Å². The molecule has 0 aliphatic carbocycles. The number of nitrogens with two attached hydrogens (primary N) is 1. The van der Waals surface area contributed by atoms with Gasteiger partial charge in [0.2, 0.25) is 5.91 Å². The maximum absolute atomic E-state index is 11.8.